The maximum absolute atomic E-state index is 10.4. The Labute approximate surface area is 103 Å². The van der Waals surface area contributed by atoms with Gasteiger partial charge >= 0.3 is 5.88 Å². The van der Waals surface area contributed by atoms with Gasteiger partial charge in [0.15, 0.2) is 0 Å². The van der Waals surface area contributed by atoms with Gasteiger partial charge in [0, 0.05) is 6.42 Å². The van der Waals surface area contributed by atoms with Crippen LogP contribution in [0.15, 0.2) is 58.0 Å². The Hall–Kier alpha value is -2.65. The van der Waals surface area contributed by atoms with Gasteiger partial charge < -0.3 is 4.42 Å². The molecule has 1 heterocycles. The Bertz CT molecular complexity index is 596. The fourth-order valence-corrected chi connectivity index (χ4v) is 1.34. The van der Waals surface area contributed by atoms with E-state index in [1.54, 1.807) is 12.1 Å². The number of allylic oxidation sites excluding steroid dienone is 1. The second-order valence-electron chi connectivity index (χ2n) is 3.48. The first-order valence-corrected chi connectivity index (χ1v) is 5.32. The fourth-order valence-electron chi connectivity index (χ4n) is 1.34. The van der Waals surface area contributed by atoms with E-state index in [1.165, 1.54) is 6.07 Å². The summed E-state index contributed by atoms with van der Waals surface area (Å²) in [5, 5.41) is 10.4. The van der Waals surface area contributed by atoms with Crippen molar-refractivity contribution in [1.82, 2.24) is 0 Å². The number of hydrogen-bond donors (Lipinski definition) is 0. The van der Waals surface area contributed by atoms with Crippen molar-refractivity contribution in [2.24, 2.45) is 4.99 Å². The molecule has 2 rings (SSSR count). The molecule has 0 unspecified atom stereocenters. The summed E-state index contributed by atoms with van der Waals surface area (Å²) in [6.45, 7) is 0. The molecule has 0 saturated heterocycles. The SMILES string of the molecule is O=[N+]([O-])c1ccc(CC=C=Nc2ccccc2)o1. The zero-order chi connectivity index (χ0) is 12.8. The van der Waals surface area contributed by atoms with E-state index in [-0.39, 0.29) is 5.88 Å². The van der Waals surface area contributed by atoms with Gasteiger partial charge in [0.1, 0.15) is 10.7 Å². The topological polar surface area (TPSA) is 68.6 Å². The van der Waals surface area contributed by atoms with E-state index < -0.39 is 4.92 Å². The molecule has 90 valence electrons. The molecular formula is C13H10N2O3. The molecule has 0 fully saturated rings. The molecule has 0 saturated carbocycles. The lowest BCUT2D eigenvalue weighted by atomic mass is 10.3. The van der Waals surface area contributed by atoms with E-state index in [9.17, 15) is 10.1 Å². The zero-order valence-electron chi connectivity index (χ0n) is 9.45. The van der Waals surface area contributed by atoms with Crippen molar-refractivity contribution in [1.29, 1.82) is 0 Å². The molecule has 18 heavy (non-hydrogen) atoms. The number of para-hydroxylation sites is 1. The number of hydrogen-bond acceptors (Lipinski definition) is 4. The van der Waals surface area contributed by atoms with Gasteiger partial charge in [0.25, 0.3) is 0 Å². The fraction of sp³-hybridized carbons (Fsp3) is 0.0769. The standard InChI is InChI=1S/C13H10N2O3/c16-15(17)13-9-8-12(18-13)7-4-10-14-11-5-2-1-3-6-11/h1-6,8-9H,7H2. The van der Waals surface area contributed by atoms with Crippen LogP contribution < -0.4 is 0 Å². The van der Waals surface area contributed by atoms with Crippen LogP contribution in [-0.4, -0.2) is 10.8 Å². The number of nitro groups is 1. The number of furan rings is 1. The summed E-state index contributed by atoms with van der Waals surface area (Å²) in [4.78, 5) is 13.9. The lowest BCUT2D eigenvalue weighted by molar-refractivity contribution is -0.402. The maximum atomic E-state index is 10.4. The van der Waals surface area contributed by atoms with Crippen LogP contribution in [-0.2, 0) is 6.42 Å². The molecule has 0 bridgehead atoms. The third-order valence-corrected chi connectivity index (χ3v) is 2.17. The molecule has 0 atom stereocenters. The van der Waals surface area contributed by atoms with Crippen LogP contribution in [0, 0.1) is 10.1 Å². The number of benzene rings is 1. The quantitative estimate of drug-likeness (QED) is 0.469. The number of rotatable bonds is 4. The first kappa shape index (κ1) is 11.8. The summed E-state index contributed by atoms with van der Waals surface area (Å²) >= 11 is 0. The van der Waals surface area contributed by atoms with Crippen LogP contribution in [0.1, 0.15) is 5.76 Å². The van der Waals surface area contributed by atoms with Gasteiger partial charge in [-0.15, -0.1) is 0 Å². The Balaban J connectivity index is 1.98. The number of aliphatic imine (C=N–C) groups is 1. The van der Waals surface area contributed by atoms with Crippen LogP contribution in [0.4, 0.5) is 11.6 Å². The van der Waals surface area contributed by atoms with Gasteiger partial charge in [-0.1, -0.05) is 18.2 Å². The largest absolute Gasteiger partial charge is 0.433 e. The minimum absolute atomic E-state index is 0.251. The van der Waals surface area contributed by atoms with Crippen molar-refractivity contribution >= 4 is 17.4 Å². The smallest absolute Gasteiger partial charge is 0.405 e. The van der Waals surface area contributed by atoms with Crippen LogP contribution in [0.5, 0.6) is 0 Å². The molecule has 0 aliphatic rings. The molecule has 0 amide bonds. The summed E-state index contributed by atoms with van der Waals surface area (Å²) in [5.41, 5.74) is 0.805. The molecule has 5 heteroatoms. The molecule has 2 aromatic rings. The summed E-state index contributed by atoms with van der Waals surface area (Å²) in [7, 11) is 0. The van der Waals surface area contributed by atoms with E-state index in [2.05, 4.69) is 10.9 Å². The minimum Gasteiger partial charge on any atom is -0.405 e. The van der Waals surface area contributed by atoms with Crippen molar-refractivity contribution in [2.75, 3.05) is 0 Å². The average Bonchev–Trinajstić information content (AvgIpc) is 2.85. The normalized spacial score (nSPS) is 9.56. The second kappa shape index (κ2) is 5.61. The Kier molecular flexibility index (Phi) is 3.69. The van der Waals surface area contributed by atoms with Crippen molar-refractivity contribution in [3.8, 4) is 0 Å². The van der Waals surface area contributed by atoms with Crippen molar-refractivity contribution < 1.29 is 9.34 Å². The molecule has 5 nitrogen and oxygen atoms in total. The average molecular weight is 242 g/mol. The third-order valence-electron chi connectivity index (χ3n) is 2.17. The molecule has 0 aliphatic heterocycles. The lowest BCUT2D eigenvalue weighted by Gasteiger charge is -1.87. The van der Waals surface area contributed by atoms with Gasteiger partial charge in [-0.25, -0.2) is 4.99 Å². The maximum Gasteiger partial charge on any atom is 0.433 e. The lowest BCUT2D eigenvalue weighted by Crippen LogP contribution is -1.83. The van der Waals surface area contributed by atoms with Crippen molar-refractivity contribution in [2.45, 2.75) is 6.42 Å². The molecule has 0 radical (unpaired) electrons. The highest BCUT2D eigenvalue weighted by molar-refractivity contribution is 5.58. The van der Waals surface area contributed by atoms with E-state index in [4.69, 9.17) is 4.42 Å². The van der Waals surface area contributed by atoms with E-state index in [1.807, 2.05) is 30.3 Å². The summed E-state index contributed by atoms with van der Waals surface area (Å²) in [5.74, 6) is 3.02. The zero-order valence-corrected chi connectivity index (χ0v) is 9.45. The van der Waals surface area contributed by atoms with Crippen molar-refractivity contribution in [3.63, 3.8) is 0 Å². The summed E-state index contributed by atoms with van der Waals surface area (Å²) < 4.78 is 4.99. The highest BCUT2D eigenvalue weighted by atomic mass is 16.6. The van der Waals surface area contributed by atoms with Gasteiger partial charge in [-0.2, -0.15) is 0 Å². The highest BCUT2D eigenvalue weighted by Gasteiger charge is 2.10. The highest BCUT2D eigenvalue weighted by Crippen LogP contribution is 2.15. The van der Waals surface area contributed by atoms with E-state index in [0.717, 1.165) is 5.69 Å². The molecule has 0 aliphatic carbocycles. The van der Waals surface area contributed by atoms with Crippen LogP contribution in [0.25, 0.3) is 0 Å². The number of nitrogens with zero attached hydrogens (tertiary/aromatic N) is 2. The van der Waals surface area contributed by atoms with Gasteiger partial charge in [-0.05, 0) is 30.1 Å². The third kappa shape index (κ3) is 3.17. The van der Waals surface area contributed by atoms with Crippen molar-refractivity contribution in [3.05, 3.63) is 64.4 Å². The Morgan fingerprint density at radius 2 is 2.06 bits per heavy atom. The predicted octanol–water partition coefficient (Wildman–Crippen LogP) is 3.29. The predicted molar refractivity (Wildman–Crippen MR) is 67.2 cm³/mol. The van der Waals surface area contributed by atoms with Crippen LogP contribution in [0.2, 0.25) is 0 Å². The molecule has 0 spiro atoms. The molecule has 0 N–H and O–H groups in total. The van der Waals surface area contributed by atoms with Gasteiger partial charge in [0.2, 0.25) is 0 Å². The minimum atomic E-state index is -0.564. The molecule has 1 aromatic carbocycles. The molecular weight excluding hydrogens is 232 g/mol. The Morgan fingerprint density at radius 3 is 2.72 bits per heavy atom. The summed E-state index contributed by atoms with van der Waals surface area (Å²) in [6, 6.07) is 12.3. The van der Waals surface area contributed by atoms with Crippen LogP contribution >= 0.6 is 0 Å². The summed E-state index contributed by atoms with van der Waals surface area (Å²) in [6.07, 6.45) is 2.08. The van der Waals surface area contributed by atoms with Gasteiger partial charge in [-0.3, -0.25) is 10.1 Å². The van der Waals surface area contributed by atoms with E-state index >= 15 is 0 Å². The second-order valence-corrected chi connectivity index (χ2v) is 3.48. The van der Waals surface area contributed by atoms with Gasteiger partial charge in [0.05, 0.1) is 11.8 Å². The molecule has 1 aromatic heterocycles. The van der Waals surface area contributed by atoms with E-state index in [0.29, 0.717) is 12.2 Å². The Morgan fingerprint density at radius 1 is 1.28 bits per heavy atom. The first-order chi connectivity index (χ1) is 8.75. The first-order valence-electron chi connectivity index (χ1n) is 5.32. The monoisotopic (exact) mass is 242 g/mol. The van der Waals surface area contributed by atoms with Crippen LogP contribution in [0.3, 0.4) is 0 Å².